The van der Waals surface area contributed by atoms with Crippen molar-refractivity contribution in [3.63, 3.8) is 0 Å². The Labute approximate surface area is 283 Å². The van der Waals surface area contributed by atoms with Crippen LogP contribution >= 0.6 is 23.2 Å². The van der Waals surface area contributed by atoms with Gasteiger partial charge in [-0.1, -0.05) is 53.5 Å². The fourth-order valence-electron chi connectivity index (χ4n) is 7.06. The van der Waals surface area contributed by atoms with Crippen molar-refractivity contribution in [2.45, 2.75) is 43.7 Å². The van der Waals surface area contributed by atoms with E-state index in [0.717, 1.165) is 68.8 Å². The van der Waals surface area contributed by atoms with Crippen LogP contribution in [0.4, 0.5) is 13.2 Å². The summed E-state index contributed by atoms with van der Waals surface area (Å²) in [5, 5.41) is 11.7. The molecule has 7 nitrogen and oxygen atoms in total. The number of likely N-dealkylation sites (tertiary alicyclic amines) is 1. The summed E-state index contributed by atoms with van der Waals surface area (Å²) in [4.78, 5) is 19.3. The van der Waals surface area contributed by atoms with Crippen LogP contribution in [0.5, 0.6) is 5.75 Å². The number of rotatable bonds is 8. The van der Waals surface area contributed by atoms with Crippen LogP contribution in [0.3, 0.4) is 0 Å². The van der Waals surface area contributed by atoms with Crippen molar-refractivity contribution in [2.75, 3.05) is 52.4 Å². The lowest BCUT2D eigenvalue weighted by Gasteiger charge is -2.41. The summed E-state index contributed by atoms with van der Waals surface area (Å²) < 4.78 is 47.6. The summed E-state index contributed by atoms with van der Waals surface area (Å²) >= 11 is 12.5. The van der Waals surface area contributed by atoms with Crippen LogP contribution in [0.25, 0.3) is 0 Å². The zero-order chi connectivity index (χ0) is 33.2. The molecule has 6 rings (SSSR count). The molecule has 3 aromatic rings. The van der Waals surface area contributed by atoms with Crippen LogP contribution in [0.2, 0.25) is 10.0 Å². The second-order valence-corrected chi connectivity index (χ2v) is 13.4. The van der Waals surface area contributed by atoms with E-state index in [4.69, 9.17) is 27.9 Å². The highest BCUT2D eigenvalue weighted by Gasteiger charge is 2.55. The minimum absolute atomic E-state index is 0.00381. The van der Waals surface area contributed by atoms with E-state index in [2.05, 4.69) is 20.9 Å². The SMILES string of the molecule is CCOc1cc(C(F)(F)F)ccc1C1(C(=O)N2CCC(CN3CCNCC3)CC2)NC(c2ccc(Cl)cc2)C(c2ccc(Cl)cc2)N1. The Morgan fingerprint density at radius 3 is 1.94 bits per heavy atom. The van der Waals surface area contributed by atoms with E-state index >= 15 is 0 Å². The van der Waals surface area contributed by atoms with Crippen molar-refractivity contribution in [1.29, 1.82) is 0 Å². The molecule has 3 N–H and O–H groups in total. The first-order chi connectivity index (χ1) is 22.6. The van der Waals surface area contributed by atoms with Gasteiger partial charge >= 0.3 is 6.18 Å². The Kier molecular flexibility index (Phi) is 10.4. The van der Waals surface area contributed by atoms with E-state index < -0.39 is 29.5 Å². The minimum atomic E-state index is -4.58. The van der Waals surface area contributed by atoms with Crippen molar-refractivity contribution in [1.82, 2.24) is 25.8 Å². The third-order valence-corrected chi connectivity index (χ3v) is 10.0. The monoisotopic (exact) mass is 689 g/mol. The molecule has 2 atom stereocenters. The Morgan fingerprint density at radius 2 is 1.43 bits per heavy atom. The van der Waals surface area contributed by atoms with Crippen LogP contribution in [0.15, 0.2) is 66.7 Å². The first-order valence-electron chi connectivity index (χ1n) is 16.2. The number of amides is 1. The smallest absolute Gasteiger partial charge is 0.416 e. The van der Waals surface area contributed by atoms with Gasteiger partial charge in [0.2, 0.25) is 0 Å². The number of hydrogen-bond donors (Lipinski definition) is 3. The zero-order valence-electron chi connectivity index (χ0n) is 26.3. The van der Waals surface area contributed by atoms with Crippen LogP contribution in [0.1, 0.15) is 54.1 Å². The van der Waals surface area contributed by atoms with Crippen molar-refractivity contribution < 1.29 is 22.7 Å². The van der Waals surface area contributed by atoms with Gasteiger partial charge in [0.25, 0.3) is 5.91 Å². The van der Waals surface area contributed by atoms with E-state index in [0.29, 0.717) is 34.6 Å². The quantitative estimate of drug-likeness (QED) is 0.255. The predicted molar refractivity (Wildman–Crippen MR) is 178 cm³/mol. The number of halogens is 5. The summed E-state index contributed by atoms with van der Waals surface area (Å²) in [6.07, 6.45) is -2.89. The molecule has 0 spiro atoms. The second kappa shape index (κ2) is 14.3. The number of nitrogens with one attached hydrogen (secondary N) is 3. The highest BCUT2D eigenvalue weighted by molar-refractivity contribution is 6.30. The number of carbonyl (C=O) groups excluding carboxylic acids is 1. The van der Waals surface area contributed by atoms with Gasteiger partial charge in [-0.05, 0) is 73.2 Å². The van der Waals surface area contributed by atoms with E-state index in [1.165, 1.54) is 6.07 Å². The largest absolute Gasteiger partial charge is 0.493 e. The number of benzene rings is 3. The maximum Gasteiger partial charge on any atom is 0.416 e. The fourth-order valence-corrected chi connectivity index (χ4v) is 7.31. The zero-order valence-corrected chi connectivity index (χ0v) is 27.8. The Balaban J connectivity index is 1.40. The van der Waals surface area contributed by atoms with Gasteiger partial charge in [-0.25, -0.2) is 0 Å². The molecule has 0 saturated carbocycles. The lowest BCUT2D eigenvalue weighted by Crippen LogP contribution is -2.60. The molecule has 3 saturated heterocycles. The summed E-state index contributed by atoms with van der Waals surface area (Å²) in [5.74, 6) is 0.205. The minimum Gasteiger partial charge on any atom is -0.493 e. The first kappa shape index (κ1) is 34.0. The maximum absolute atomic E-state index is 15.0. The molecule has 1 amide bonds. The topological polar surface area (TPSA) is 68.9 Å². The summed E-state index contributed by atoms with van der Waals surface area (Å²) in [6.45, 7) is 7.92. The maximum atomic E-state index is 15.0. The summed E-state index contributed by atoms with van der Waals surface area (Å²) in [7, 11) is 0. The molecule has 3 aliphatic heterocycles. The standard InChI is InChI=1S/C35H40Cl2F3N5O2/c1-2-47-30-21-26(35(38,39)40)7-12-29(30)34(33(46)45-17-13-23(14-18-45)22-44-19-15-41-16-20-44)42-31(24-3-8-27(36)9-4-24)32(43-34)25-5-10-28(37)11-6-25/h3-12,21,23,31-32,41-43H,2,13-20,22H2,1H3. The molecule has 0 bridgehead atoms. The highest BCUT2D eigenvalue weighted by atomic mass is 35.5. The van der Waals surface area contributed by atoms with E-state index in [9.17, 15) is 18.0 Å². The molecule has 0 aliphatic carbocycles. The Bertz CT molecular complexity index is 1470. The van der Waals surface area contributed by atoms with Gasteiger partial charge in [0, 0.05) is 61.4 Å². The van der Waals surface area contributed by atoms with Crippen molar-refractivity contribution in [3.05, 3.63) is 99.0 Å². The average molecular weight is 691 g/mol. The molecule has 252 valence electrons. The Morgan fingerprint density at radius 1 is 0.872 bits per heavy atom. The number of ether oxygens (including phenoxy) is 1. The number of piperidine rings is 1. The van der Waals surface area contributed by atoms with Crippen LogP contribution in [-0.2, 0) is 16.6 Å². The van der Waals surface area contributed by atoms with Crippen molar-refractivity contribution >= 4 is 29.1 Å². The molecule has 3 aromatic carbocycles. The van der Waals surface area contributed by atoms with Gasteiger partial charge in [-0.2, -0.15) is 13.2 Å². The van der Waals surface area contributed by atoms with E-state index in [1.807, 2.05) is 29.2 Å². The van der Waals surface area contributed by atoms with Gasteiger partial charge < -0.3 is 19.9 Å². The third kappa shape index (κ3) is 7.43. The molecule has 2 unspecified atom stereocenters. The number of alkyl halides is 3. The average Bonchev–Trinajstić information content (AvgIpc) is 3.47. The molecule has 0 radical (unpaired) electrons. The molecule has 3 fully saturated rings. The summed E-state index contributed by atoms with van der Waals surface area (Å²) in [6, 6.07) is 17.2. The lowest BCUT2D eigenvalue weighted by atomic mass is 9.91. The van der Waals surface area contributed by atoms with Gasteiger partial charge in [0.05, 0.1) is 24.3 Å². The van der Waals surface area contributed by atoms with Gasteiger partial charge in [0.1, 0.15) is 5.75 Å². The molecular weight excluding hydrogens is 650 g/mol. The molecule has 3 heterocycles. The molecule has 12 heteroatoms. The van der Waals surface area contributed by atoms with Crippen molar-refractivity contribution in [3.8, 4) is 5.75 Å². The normalized spacial score (nSPS) is 24.4. The fraction of sp³-hybridized carbons (Fsp3) is 0.457. The van der Waals surface area contributed by atoms with Gasteiger partial charge in [-0.15, -0.1) is 0 Å². The second-order valence-electron chi connectivity index (χ2n) is 12.5. The van der Waals surface area contributed by atoms with E-state index in [-0.39, 0.29) is 18.3 Å². The summed E-state index contributed by atoms with van der Waals surface area (Å²) in [5.41, 5.74) is -0.431. The van der Waals surface area contributed by atoms with Crippen molar-refractivity contribution in [2.24, 2.45) is 5.92 Å². The number of carbonyl (C=O) groups is 1. The highest BCUT2D eigenvalue weighted by Crippen LogP contribution is 2.46. The van der Waals surface area contributed by atoms with Gasteiger partial charge in [-0.3, -0.25) is 15.4 Å². The van der Waals surface area contributed by atoms with Crippen LogP contribution in [-0.4, -0.2) is 68.1 Å². The Hall–Kier alpha value is -2.86. The molecular formula is C35H40Cl2F3N5O2. The number of hydrogen-bond acceptors (Lipinski definition) is 6. The lowest BCUT2D eigenvalue weighted by molar-refractivity contribution is -0.141. The molecule has 47 heavy (non-hydrogen) atoms. The molecule has 0 aromatic heterocycles. The van der Waals surface area contributed by atoms with Crippen LogP contribution in [0, 0.1) is 5.92 Å². The van der Waals surface area contributed by atoms with E-state index in [1.54, 1.807) is 31.2 Å². The van der Waals surface area contributed by atoms with Crippen LogP contribution < -0.4 is 20.7 Å². The predicted octanol–water partition coefficient (Wildman–Crippen LogP) is 6.38. The first-order valence-corrected chi connectivity index (χ1v) is 17.0. The number of nitrogens with zero attached hydrogens (tertiary/aromatic N) is 2. The third-order valence-electron chi connectivity index (χ3n) is 9.50. The molecule has 3 aliphatic rings. The number of piperazine rings is 1. The van der Waals surface area contributed by atoms with Gasteiger partial charge in [0.15, 0.2) is 5.66 Å².